The second-order valence-electron chi connectivity index (χ2n) is 4.50. The molecule has 1 aromatic rings. The number of aliphatic hydroxyl groups is 1. The Morgan fingerprint density at radius 2 is 2.21 bits per heavy atom. The van der Waals surface area contributed by atoms with Gasteiger partial charge in [-0.3, -0.25) is 4.79 Å². The monoisotopic (exact) mass is 331 g/mol. The van der Waals surface area contributed by atoms with Gasteiger partial charge in [-0.2, -0.15) is 0 Å². The van der Waals surface area contributed by atoms with E-state index in [9.17, 15) is 9.18 Å². The van der Waals surface area contributed by atoms with Gasteiger partial charge in [0.05, 0.1) is 5.56 Å². The molecule has 1 aromatic carbocycles. The fraction of sp³-hybridized carbons (Fsp3) is 0.500. The van der Waals surface area contributed by atoms with Crippen molar-refractivity contribution in [2.24, 2.45) is 5.92 Å². The maximum Gasteiger partial charge on any atom is 0.254 e. The van der Waals surface area contributed by atoms with Crippen LogP contribution >= 0.6 is 15.9 Å². The first-order chi connectivity index (χ1) is 9.08. The number of nitrogens with one attached hydrogen (secondary N) is 1. The van der Waals surface area contributed by atoms with E-state index in [4.69, 9.17) is 5.11 Å². The minimum absolute atomic E-state index is 0.0358. The number of hydrogen-bond donors (Lipinski definition) is 2. The normalized spacial score (nSPS) is 12.2. The van der Waals surface area contributed by atoms with E-state index in [0.717, 1.165) is 12.8 Å². The Balaban J connectivity index is 2.61. The first-order valence-electron chi connectivity index (χ1n) is 6.42. The molecule has 0 spiro atoms. The van der Waals surface area contributed by atoms with Crippen LogP contribution in [0.4, 0.5) is 4.39 Å². The highest BCUT2D eigenvalue weighted by atomic mass is 79.9. The molecule has 0 heterocycles. The molecule has 19 heavy (non-hydrogen) atoms. The van der Waals surface area contributed by atoms with E-state index in [-0.39, 0.29) is 18.1 Å². The van der Waals surface area contributed by atoms with Crippen molar-refractivity contribution in [2.75, 3.05) is 13.2 Å². The highest BCUT2D eigenvalue weighted by Gasteiger charge is 2.14. The van der Waals surface area contributed by atoms with Crippen molar-refractivity contribution in [3.63, 3.8) is 0 Å². The fourth-order valence-electron chi connectivity index (χ4n) is 1.94. The van der Waals surface area contributed by atoms with Gasteiger partial charge < -0.3 is 10.4 Å². The molecule has 0 saturated heterocycles. The summed E-state index contributed by atoms with van der Waals surface area (Å²) in [5, 5.41) is 11.7. The molecule has 0 aromatic heterocycles. The zero-order chi connectivity index (χ0) is 14.3. The molecule has 0 aliphatic rings. The summed E-state index contributed by atoms with van der Waals surface area (Å²) in [6, 6.07) is 4.28. The van der Waals surface area contributed by atoms with Crippen molar-refractivity contribution in [3.8, 4) is 0 Å². The summed E-state index contributed by atoms with van der Waals surface area (Å²) in [5.41, 5.74) is 0.0358. The first kappa shape index (κ1) is 16.1. The van der Waals surface area contributed by atoms with Gasteiger partial charge in [-0.25, -0.2) is 4.39 Å². The smallest absolute Gasteiger partial charge is 0.254 e. The number of carbonyl (C=O) groups excluding carboxylic acids is 1. The van der Waals surface area contributed by atoms with Gasteiger partial charge in [0, 0.05) is 17.6 Å². The van der Waals surface area contributed by atoms with Crippen LogP contribution in [0.5, 0.6) is 0 Å². The van der Waals surface area contributed by atoms with Gasteiger partial charge in [0.2, 0.25) is 0 Å². The lowest BCUT2D eigenvalue weighted by molar-refractivity contribution is 0.0939. The molecule has 1 amide bonds. The molecule has 1 atom stereocenters. The zero-order valence-electron chi connectivity index (χ0n) is 11.0. The second-order valence-corrected chi connectivity index (χ2v) is 5.42. The molecule has 0 aliphatic heterocycles. The Bertz CT molecular complexity index is 420. The predicted octanol–water partition coefficient (Wildman–Crippen LogP) is 3.12. The molecule has 106 valence electrons. The molecular weight excluding hydrogens is 313 g/mol. The van der Waals surface area contributed by atoms with E-state index in [0.29, 0.717) is 17.4 Å². The van der Waals surface area contributed by atoms with Crippen LogP contribution in [0.15, 0.2) is 22.7 Å². The molecule has 0 aliphatic carbocycles. The molecule has 0 bridgehead atoms. The zero-order valence-corrected chi connectivity index (χ0v) is 12.5. The Morgan fingerprint density at radius 3 is 2.84 bits per heavy atom. The summed E-state index contributed by atoms with van der Waals surface area (Å²) in [7, 11) is 0. The molecule has 2 N–H and O–H groups in total. The van der Waals surface area contributed by atoms with Crippen LogP contribution in [0.1, 0.15) is 36.5 Å². The third kappa shape index (κ3) is 5.28. The lowest BCUT2D eigenvalue weighted by Gasteiger charge is -2.15. The van der Waals surface area contributed by atoms with Crippen molar-refractivity contribution in [1.29, 1.82) is 0 Å². The van der Waals surface area contributed by atoms with Gasteiger partial charge in [-0.15, -0.1) is 0 Å². The SMILES string of the molecule is CCCC(CCO)CNC(=O)c1cc(Br)ccc1F. The minimum atomic E-state index is -0.533. The topological polar surface area (TPSA) is 49.3 Å². The summed E-state index contributed by atoms with van der Waals surface area (Å²) in [6.07, 6.45) is 2.57. The molecule has 1 unspecified atom stereocenters. The minimum Gasteiger partial charge on any atom is -0.396 e. The van der Waals surface area contributed by atoms with E-state index >= 15 is 0 Å². The molecule has 0 fully saturated rings. The van der Waals surface area contributed by atoms with Gasteiger partial charge in [-0.05, 0) is 37.0 Å². The Kier molecular flexibility index (Phi) is 7.02. The van der Waals surface area contributed by atoms with Gasteiger partial charge in [0.1, 0.15) is 5.82 Å². The van der Waals surface area contributed by atoms with Gasteiger partial charge in [0.15, 0.2) is 0 Å². The number of amides is 1. The number of aliphatic hydroxyl groups excluding tert-OH is 1. The number of carbonyl (C=O) groups is 1. The maximum absolute atomic E-state index is 13.5. The van der Waals surface area contributed by atoms with E-state index in [1.54, 1.807) is 6.07 Å². The summed E-state index contributed by atoms with van der Waals surface area (Å²) < 4.78 is 14.2. The first-order valence-corrected chi connectivity index (χ1v) is 7.21. The molecular formula is C14H19BrFNO2. The van der Waals surface area contributed by atoms with E-state index in [1.165, 1.54) is 12.1 Å². The van der Waals surface area contributed by atoms with Crippen molar-refractivity contribution in [2.45, 2.75) is 26.2 Å². The number of hydrogen-bond acceptors (Lipinski definition) is 2. The number of rotatable bonds is 7. The summed E-state index contributed by atoms with van der Waals surface area (Å²) in [5.74, 6) is -0.720. The highest BCUT2D eigenvalue weighted by molar-refractivity contribution is 9.10. The lowest BCUT2D eigenvalue weighted by atomic mass is 10.00. The van der Waals surface area contributed by atoms with Gasteiger partial charge in [-0.1, -0.05) is 29.3 Å². The van der Waals surface area contributed by atoms with Crippen molar-refractivity contribution in [3.05, 3.63) is 34.1 Å². The van der Waals surface area contributed by atoms with Crippen molar-refractivity contribution in [1.82, 2.24) is 5.32 Å². The van der Waals surface area contributed by atoms with Gasteiger partial charge >= 0.3 is 0 Å². The van der Waals surface area contributed by atoms with Crippen LogP contribution in [0.25, 0.3) is 0 Å². The lowest BCUT2D eigenvalue weighted by Crippen LogP contribution is -2.30. The molecule has 3 nitrogen and oxygen atoms in total. The maximum atomic E-state index is 13.5. The standard InChI is InChI=1S/C14H19BrFNO2/c1-2-3-10(6-7-18)9-17-14(19)12-8-11(15)4-5-13(12)16/h4-5,8,10,18H,2-3,6-7,9H2,1H3,(H,17,19). The van der Waals surface area contributed by atoms with Crippen LogP contribution in [-0.4, -0.2) is 24.2 Å². The van der Waals surface area contributed by atoms with Crippen LogP contribution in [0, 0.1) is 11.7 Å². The molecule has 0 saturated carbocycles. The van der Waals surface area contributed by atoms with E-state index < -0.39 is 11.7 Å². The molecule has 0 radical (unpaired) electrons. The second kappa shape index (κ2) is 8.27. The Hall–Kier alpha value is -0.940. The largest absolute Gasteiger partial charge is 0.396 e. The fourth-order valence-corrected chi connectivity index (χ4v) is 2.30. The third-order valence-electron chi connectivity index (χ3n) is 2.96. The van der Waals surface area contributed by atoms with Crippen molar-refractivity contribution < 1.29 is 14.3 Å². The average molecular weight is 332 g/mol. The molecule has 1 rings (SSSR count). The van der Waals surface area contributed by atoms with Gasteiger partial charge in [0.25, 0.3) is 5.91 Å². The average Bonchev–Trinajstić information content (AvgIpc) is 2.39. The van der Waals surface area contributed by atoms with Crippen LogP contribution in [0.3, 0.4) is 0 Å². The summed E-state index contributed by atoms with van der Waals surface area (Å²) in [6.45, 7) is 2.62. The van der Waals surface area contributed by atoms with Crippen LogP contribution in [-0.2, 0) is 0 Å². The van der Waals surface area contributed by atoms with Crippen molar-refractivity contribution >= 4 is 21.8 Å². The predicted molar refractivity (Wildman–Crippen MR) is 76.5 cm³/mol. The summed E-state index contributed by atoms with van der Waals surface area (Å²) >= 11 is 3.21. The van der Waals surface area contributed by atoms with E-state index in [1.807, 2.05) is 0 Å². The molecule has 5 heteroatoms. The number of benzene rings is 1. The number of halogens is 2. The van der Waals surface area contributed by atoms with Crippen LogP contribution < -0.4 is 5.32 Å². The summed E-state index contributed by atoms with van der Waals surface area (Å²) in [4.78, 5) is 11.9. The Labute approximate surface area is 121 Å². The third-order valence-corrected chi connectivity index (χ3v) is 3.45. The van der Waals surface area contributed by atoms with E-state index in [2.05, 4.69) is 28.2 Å². The quantitative estimate of drug-likeness (QED) is 0.806. The highest BCUT2D eigenvalue weighted by Crippen LogP contribution is 2.16. The van der Waals surface area contributed by atoms with Crippen LogP contribution in [0.2, 0.25) is 0 Å². The Morgan fingerprint density at radius 1 is 1.47 bits per heavy atom.